The Morgan fingerprint density at radius 2 is 2.18 bits per heavy atom. The van der Waals surface area contributed by atoms with Crippen LogP contribution >= 0.6 is 0 Å². The van der Waals surface area contributed by atoms with E-state index >= 15 is 0 Å². The Morgan fingerprint density at radius 1 is 1.29 bits per heavy atom. The molecular weight excluding hydrogens is 445 g/mol. The summed E-state index contributed by atoms with van der Waals surface area (Å²) in [5.41, 5.74) is 1.06. The second-order valence-electron chi connectivity index (χ2n) is 7.62. The average Bonchev–Trinajstić information content (AvgIpc) is 3.48. The smallest absolute Gasteiger partial charge is 0.417 e. The van der Waals surface area contributed by atoms with E-state index in [2.05, 4.69) is 25.4 Å². The van der Waals surface area contributed by atoms with Crippen LogP contribution in [0.15, 0.2) is 53.8 Å². The van der Waals surface area contributed by atoms with Gasteiger partial charge in [0.2, 0.25) is 17.1 Å². The molecule has 5 heterocycles. The quantitative estimate of drug-likeness (QED) is 0.461. The van der Waals surface area contributed by atoms with Gasteiger partial charge in [-0.1, -0.05) is 0 Å². The maximum Gasteiger partial charge on any atom is 0.417 e. The number of aromatic amines is 1. The number of carbonyl (C=O) groups excluding carboxylic acids is 1. The zero-order valence-corrected chi connectivity index (χ0v) is 18.1. The topological polar surface area (TPSA) is 127 Å². The Bertz CT molecular complexity index is 1400. The molecule has 2 N–H and O–H groups in total. The summed E-state index contributed by atoms with van der Waals surface area (Å²) >= 11 is 0. The molecule has 0 bridgehead atoms. The number of hydrogen-bond donors (Lipinski definition) is 2. The van der Waals surface area contributed by atoms with Crippen molar-refractivity contribution < 1.29 is 18.7 Å². The molecular formula is C22H20FN7O4. The van der Waals surface area contributed by atoms with Gasteiger partial charge in [-0.05, 0) is 31.0 Å². The number of nitrogens with one attached hydrogen (secondary N) is 2. The van der Waals surface area contributed by atoms with Crippen molar-refractivity contribution in [2.24, 2.45) is 0 Å². The number of halogens is 1. The molecule has 1 aliphatic heterocycles. The molecule has 4 aromatic rings. The van der Waals surface area contributed by atoms with Crippen molar-refractivity contribution in [1.29, 1.82) is 0 Å². The van der Waals surface area contributed by atoms with Crippen molar-refractivity contribution in [3.63, 3.8) is 0 Å². The fourth-order valence-electron chi connectivity index (χ4n) is 4.02. The third kappa shape index (κ3) is 4.12. The number of hydrogen-bond acceptors (Lipinski definition) is 8. The van der Waals surface area contributed by atoms with Gasteiger partial charge in [0.05, 0.1) is 31.2 Å². The third-order valence-corrected chi connectivity index (χ3v) is 5.50. The first-order valence-electron chi connectivity index (χ1n) is 10.5. The molecule has 1 fully saturated rings. The fourth-order valence-corrected chi connectivity index (χ4v) is 4.02. The van der Waals surface area contributed by atoms with Gasteiger partial charge in [-0.15, -0.1) is 0 Å². The van der Waals surface area contributed by atoms with E-state index in [0.29, 0.717) is 35.1 Å². The van der Waals surface area contributed by atoms with Crippen LogP contribution in [-0.4, -0.2) is 44.3 Å². The predicted molar refractivity (Wildman–Crippen MR) is 120 cm³/mol. The number of aromatic nitrogens is 5. The van der Waals surface area contributed by atoms with E-state index in [-0.39, 0.29) is 17.4 Å². The Morgan fingerprint density at radius 3 is 2.97 bits per heavy atom. The van der Waals surface area contributed by atoms with Crippen molar-refractivity contribution in [3.05, 3.63) is 70.8 Å². The average molecular weight is 465 g/mol. The zero-order chi connectivity index (χ0) is 23.7. The molecule has 0 unspecified atom stereocenters. The van der Waals surface area contributed by atoms with E-state index < -0.39 is 11.9 Å². The van der Waals surface area contributed by atoms with E-state index in [1.165, 1.54) is 42.2 Å². The van der Waals surface area contributed by atoms with Crippen LogP contribution in [0.1, 0.15) is 24.4 Å². The van der Waals surface area contributed by atoms with E-state index in [4.69, 9.17) is 9.47 Å². The van der Waals surface area contributed by atoms with E-state index in [0.717, 1.165) is 19.0 Å². The summed E-state index contributed by atoms with van der Waals surface area (Å²) in [5, 5.41) is 6.70. The Kier molecular flexibility index (Phi) is 5.54. The van der Waals surface area contributed by atoms with Crippen LogP contribution in [0.4, 0.5) is 20.7 Å². The van der Waals surface area contributed by atoms with Crippen molar-refractivity contribution in [1.82, 2.24) is 24.6 Å². The number of anilines is 2. The number of ether oxygens (including phenoxy) is 2. The third-order valence-electron chi connectivity index (χ3n) is 5.50. The number of pyridine rings is 2. The summed E-state index contributed by atoms with van der Waals surface area (Å²) in [4.78, 5) is 36.7. The summed E-state index contributed by atoms with van der Waals surface area (Å²) in [5.74, 6) is 0.704. The van der Waals surface area contributed by atoms with Crippen molar-refractivity contribution in [3.8, 4) is 11.6 Å². The van der Waals surface area contributed by atoms with E-state index in [1.54, 1.807) is 12.3 Å². The highest BCUT2D eigenvalue weighted by Crippen LogP contribution is 2.39. The highest BCUT2D eigenvalue weighted by molar-refractivity contribution is 5.86. The minimum atomic E-state index is -0.760. The van der Waals surface area contributed by atoms with Crippen LogP contribution in [0.2, 0.25) is 0 Å². The first-order chi connectivity index (χ1) is 16.5. The van der Waals surface area contributed by atoms with Gasteiger partial charge in [-0.3, -0.25) is 10.1 Å². The Balaban J connectivity index is 1.41. The fraction of sp³-hybridized carbons (Fsp3) is 0.227. The SMILES string of the molecule is COc1ncc(F)cc1[C@H]1CCCN1c1ccn2ncc(OC(=O)Nc3ccc(=O)[nH]c3)c2n1. The number of H-pyrrole nitrogens is 1. The monoisotopic (exact) mass is 465 g/mol. The first kappa shape index (κ1) is 21.4. The molecule has 1 saturated heterocycles. The summed E-state index contributed by atoms with van der Waals surface area (Å²) in [6.07, 6.45) is 6.48. The lowest BCUT2D eigenvalue weighted by atomic mass is 10.1. The molecule has 0 aliphatic carbocycles. The molecule has 4 aromatic heterocycles. The van der Waals surface area contributed by atoms with Crippen LogP contribution in [0.25, 0.3) is 5.65 Å². The predicted octanol–water partition coefficient (Wildman–Crippen LogP) is 2.91. The second kappa shape index (κ2) is 8.81. The molecule has 0 saturated carbocycles. The van der Waals surface area contributed by atoms with Gasteiger partial charge in [0.15, 0.2) is 5.75 Å². The molecule has 5 rings (SSSR count). The maximum absolute atomic E-state index is 13.9. The molecule has 12 heteroatoms. The minimum absolute atomic E-state index is 0.157. The summed E-state index contributed by atoms with van der Waals surface area (Å²) in [6, 6.07) is 5.79. The number of nitrogens with zero attached hydrogens (tertiary/aromatic N) is 5. The molecule has 1 atom stereocenters. The highest BCUT2D eigenvalue weighted by atomic mass is 19.1. The molecule has 34 heavy (non-hydrogen) atoms. The van der Waals surface area contributed by atoms with Gasteiger partial charge in [-0.25, -0.2) is 23.7 Å². The largest absolute Gasteiger partial charge is 0.481 e. The maximum atomic E-state index is 13.9. The molecule has 11 nitrogen and oxygen atoms in total. The van der Waals surface area contributed by atoms with Gasteiger partial charge in [0.25, 0.3) is 0 Å². The van der Waals surface area contributed by atoms with Crippen LogP contribution < -0.4 is 25.2 Å². The van der Waals surface area contributed by atoms with Crippen LogP contribution in [0, 0.1) is 5.82 Å². The number of amides is 1. The summed E-state index contributed by atoms with van der Waals surface area (Å²) < 4.78 is 26.2. The molecule has 0 spiro atoms. The van der Waals surface area contributed by atoms with Crippen LogP contribution in [0.3, 0.4) is 0 Å². The van der Waals surface area contributed by atoms with Gasteiger partial charge in [-0.2, -0.15) is 5.10 Å². The van der Waals surface area contributed by atoms with Gasteiger partial charge in [0.1, 0.15) is 11.6 Å². The lowest BCUT2D eigenvalue weighted by Crippen LogP contribution is -2.24. The Labute approximate surface area is 192 Å². The van der Waals surface area contributed by atoms with Crippen LogP contribution in [0.5, 0.6) is 11.6 Å². The van der Waals surface area contributed by atoms with E-state index in [1.807, 2.05) is 4.90 Å². The molecule has 1 aliphatic rings. The number of fused-ring (bicyclic) bond motifs is 1. The highest BCUT2D eigenvalue weighted by Gasteiger charge is 2.31. The van der Waals surface area contributed by atoms with E-state index in [9.17, 15) is 14.0 Å². The summed E-state index contributed by atoms with van der Waals surface area (Å²) in [6.45, 7) is 0.699. The van der Waals surface area contributed by atoms with Gasteiger partial charge in [0, 0.05) is 30.6 Å². The first-order valence-corrected chi connectivity index (χ1v) is 10.5. The van der Waals surface area contributed by atoms with Gasteiger partial charge >= 0.3 is 6.09 Å². The number of methoxy groups -OCH3 is 1. The molecule has 1 amide bonds. The molecule has 174 valence electrons. The molecule has 0 radical (unpaired) electrons. The minimum Gasteiger partial charge on any atom is -0.481 e. The van der Waals surface area contributed by atoms with Crippen molar-refractivity contribution in [2.45, 2.75) is 18.9 Å². The number of carbonyl (C=O) groups is 1. The van der Waals surface area contributed by atoms with Crippen molar-refractivity contribution in [2.75, 3.05) is 23.9 Å². The zero-order valence-electron chi connectivity index (χ0n) is 18.1. The normalized spacial score (nSPS) is 15.5. The van der Waals surface area contributed by atoms with Crippen LogP contribution in [-0.2, 0) is 0 Å². The lowest BCUT2D eigenvalue weighted by Gasteiger charge is -2.26. The molecule has 0 aromatic carbocycles. The number of rotatable bonds is 5. The Hall–Kier alpha value is -4.48. The lowest BCUT2D eigenvalue weighted by molar-refractivity contribution is 0.215. The second-order valence-corrected chi connectivity index (χ2v) is 7.62. The summed E-state index contributed by atoms with van der Waals surface area (Å²) in [7, 11) is 1.50. The van der Waals surface area contributed by atoms with Crippen molar-refractivity contribution >= 4 is 23.2 Å². The standard InChI is InChI=1S/C22H20FN7O4/c1-33-21-15(9-13(23)10-25-21)16-3-2-7-29(16)18-6-8-30-20(28-18)17(12-26-30)34-22(32)27-14-4-5-19(31)24-11-14/h4-6,8-12,16H,2-3,7H2,1H3,(H,24,31)(H,27,32)/t16-/m1/s1. The van der Waals surface area contributed by atoms with Gasteiger partial charge < -0.3 is 19.4 Å².